The number of nitrogens with zero attached hydrogens (tertiary/aromatic N) is 1. The van der Waals surface area contributed by atoms with E-state index in [1.165, 1.54) is 0 Å². The minimum Gasteiger partial charge on any atom is -0.207 e. The highest BCUT2D eigenvalue weighted by atomic mass is 35.5. The van der Waals surface area contributed by atoms with Crippen molar-refractivity contribution in [2.75, 3.05) is 19.0 Å². The maximum Gasteiger partial charge on any atom is 0.243 e. The van der Waals surface area contributed by atoms with E-state index in [0.717, 1.165) is 17.2 Å². The van der Waals surface area contributed by atoms with E-state index in [1.54, 1.807) is 16.4 Å². The molecule has 3 rings (SSSR count). The smallest absolute Gasteiger partial charge is 0.207 e. The summed E-state index contributed by atoms with van der Waals surface area (Å²) in [5, 5.41) is 1.73. The van der Waals surface area contributed by atoms with Gasteiger partial charge in [-0.05, 0) is 23.8 Å². The Morgan fingerprint density at radius 3 is 2.65 bits per heavy atom. The Bertz CT molecular complexity index is 724. The molecule has 0 spiro atoms. The predicted octanol–water partition coefficient (Wildman–Crippen LogP) is 3.09. The Hall–Kier alpha value is -1.10. The molecule has 2 aromatic carbocycles. The van der Waals surface area contributed by atoms with Crippen LogP contribution in [0.2, 0.25) is 0 Å². The highest BCUT2D eigenvalue weighted by Gasteiger charge is 2.32. The minimum atomic E-state index is -3.43. The van der Waals surface area contributed by atoms with Crippen LogP contribution in [0.25, 0.3) is 10.8 Å². The standard InChI is InChI=1S/C15H16ClNO2S/c16-10-12-8-9-17(11-12)20(18,19)15-7-3-5-13-4-1-2-6-14(13)15/h1-7,12H,8-11H2. The van der Waals surface area contributed by atoms with Gasteiger partial charge in [0.15, 0.2) is 0 Å². The van der Waals surface area contributed by atoms with Crippen LogP contribution in [0.5, 0.6) is 0 Å². The Morgan fingerprint density at radius 1 is 1.15 bits per heavy atom. The number of fused-ring (bicyclic) bond motifs is 1. The first-order chi connectivity index (χ1) is 9.63. The van der Waals surface area contributed by atoms with Crippen LogP contribution in [0, 0.1) is 5.92 Å². The fourth-order valence-electron chi connectivity index (χ4n) is 2.70. The molecule has 3 nitrogen and oxygen atoms in total. The molecule has 0 radical (unpaired) electrons. The van der Waals surface area contributed by atoms with Crippen LogP contribution >= 0.6 is 11.6 Å². The first-order valence-electron chi connectivity index (χ1n) is 6.67. The van der Waals surface area contributed by atoms with Gasteiger partial charge in [-0.2, -0.15) is 4.31 Å². The maximum atomic E-state index is 12.8. The quantitative estimate of drug-likeness (QED) is 0.817. The van der Waals surface area contributed by atoms with Crippen molar-refractivity contribution in [2.45, 2.75) is 11.3 Å². The molecule has 1 saturated heterocycles. The van der Waals surface area contributed by atoms with Gasteiger partial charge >= 0.3 is 0 Å². The highest BCUT2D eigenvalue weighted by molar-refractivity contribution is 7.89. The topological polar surface area (TPSA) is 37.4 Å². The summed E-state index contributed by atoms with van der Waals surface area (Å²) in [6.45, 7) is 1.08. The lowest BCUT2D eigenvalue weighted by molar-refractivity contribution is 0.466. The van der Waals surface area contributed by atoms with E-state index < -0.39 is 10.0 Å². The third-order valence-corrected chi connectivity index (χ3v) is 6.19. The van der Waals surface area contributed by atoms with E-state index in [-0.39, 0.29) is 5.92 Å². The molecule has 0 amide bonds. The molecule has 0 aliphatic carbocycles. The van der Waals surface area contributed by atoms with Crippen LogP contribution in [0.1, 0.15) is 6.42 Å². The Balaban J connectivity index is 2.06. The molecule has 0 aromatic heterocycles. The monoisotopic (exact) mass is 309 g/mol. The molecule has 0 bridgehead atoms. The number of benzene rings is 2. The molecule has 0 N–H and O–H groups in total. The van der Waals surface area contributed by atoms with Crippen molar-refractivity contribution >= 4 is 32.4 Å². The zero-order valence-electron chi connectivity index (χ0n) is 11.0. The van der Waals surface area contributed by atoms with Crippen molar-refractivity contribution in [3.63, 3.8) is 0 Å². The summed E-state index contributed by atoms with van der Waals surface area (Å²) in [5.41, 5.74) is 0. The normalized spacial score (nSPS) is 20.6. The molecule has 1 atom stereocenters. The van der Waals surface area contributed by atoms with Crippen LogP contribution < -0.4 is 0 Å². The third kappa shape index (κ3) is 2.32. The van der Waals surface area contributed by atoms with Crippen molar-refractivity contribution in [2.24, 2.45) is 5.92 Å². The molecular weight excluding hydrogens is 294 g/mol. The molecule has 1 fully saturated rings. The van der Waals surface area contributed by atoms with Crippen LogP contribution in [0.15, 0.2) is 47.4 Å². The van der Waals surface area contributed by atoms with E-state index >= 15 is 0 Å². The fourth-order valence-corrected chi connectivity index (χ4v) is 4.70. The van der Waals surface area contributed by atoms with Crippen molar-refractivity contribution in [1.29, 1.82) is 0 Å². The molecule has 5 heteroatoms. The molecule has 0 saturated carbocycles. The number of rotatable bonds is 3. The zero-order valence-corrected chi connectivity index (χ0v) is 12.6. The first-order valence-corrected chi connectivity index (χ1v) is 8.64. The predicted molar refractivity (Wildman–Crippen MR) is 81.5 cm³/mol. The Labute approximate surface area is 124 Å². The van der Waals surface area contributed by atoms with Gasteiger partial charge in [-0.3, -0.25) is 0 Å². The van der Waals surface area contributed by atoms with Gasteiger partial charge in [-0.25, -0.2) is 8.42 Å². The third-order valence-electron chi connectivity index (χ3n) is 3.83. The van der Waals surface area contributed by atoms with Gasteiger partial charge in [0.1, 0.15) is 0 Å². The van der Waals surface area contributed by atoms with E-state index in [0.29, 0.717) is 23.9 Å². The summed E-state index contributed by atoms with van der Waals surface area (Å²) in [6, 6.07) is 13.0. The van der Waals surface area contributed by atoms with E-state index in [2.05, 4.69) is 0 Å². The van der Waals surface area contributed by atoms with Crippen molar-refractivity contribution in [3.05, 3.63) is 42.5 Å². The molecule has 1 aliphatic rings. The van der Waals surface area contributed by atoms with Gasteiger partial charge < -0.3 is 0 Å². The summed E-state index contributed by atoms with van der Waals surface area (Å²) in [6.07, 6.45) is 0.841. The molecular formula is C15H16ClNO2S. The highest BCUT2D eigenvalue weighted by Crippen LogP contribution is 2.29. The van der Waals surface area contributed by atoms with Crippen molar-refractivity contribution in [1.82, 2.24) is 4.31 Å². The molecule has 20 heavy (non-hydrogen) atoms. The summed E-state index contributed by atoms with van der Waals surface area (Å²) < 4.78 is 27.1. The summed E-state index contributed by atoms with van der Waals surface area (Å²) in [7, 11) is -3.43. The van der Waals surface area contributed by atoms with Crippen molar-refractivity contribution in [3.8, 4) is 0 Å². The molecule has 1 heterocycles. The molecule has 1 unspecified atom stereocenters. The lowest BCUT2D eigenvalue weighted by Gasteiger charge is -2.17. The number of hydrogen-bond acceptors (Lipinski definition) is 2. The van der Waals surface area contributed by atoms with E-state index in [1.807, 2.05) is 30.3 Å². The van der Waals surface area contributed by atoms with E-state index in [4.69, 9.17) is 11.6 Å². The van der Waals surface area contributed by atoms with Gasteiger partial charge in [-0.1, -0.05) is 36.4 Å². The van der Waals surface area contributed by atoms with Crippen molar-refractivity contribution < 1.29 is 8.42 Å². The lowest BCUT2D eigenvalue weighted by Crippen LogP contribution is -2.29. The maximum absolute atomic E-state index is 12.8. The second-order valence-corrected chi connectivity index (χ2v) is 7.36. The van der Waals surface area contributed by atoms with Gasteiger partial charge in [0, 0.05) is 24.4 Å². The van der Waals surface area contributed by atoms with E-state index in [9.17, 15) is 8.42 Å². The first kappa shape index (κ1) is 13.9. The number of sulfonamides is 1. The summed E-state index contributed by atoms with van der Waals surface area (Å²) >= 11 is 5.84. The van der Waals surface area contributed by atoms with Gasteiger partial charge in [0.25, 0.3) is 0 Å². The van der Waals surface area contributed by atoms with Crippen LogP contribution in [-0.2, 0) is 10.0 Å². The molecule has 1 aliphatic heterocycles. The fraction of sp³-hybridized carbons (Fsp3) is 0.333. The van der Waals surface area contributed by atoms with Crippen LogP contribution in [0.4, 0.5) is 0 Å². The zero-order chi connectivity index (χ0) is 14.2. The average Bonchev–Trinajstić information content (AvgIpc) is 2.96. The van der Waals surface area contributed by atoms with Gasteiger partial charge in [0.2, 0.25) is 10.0 Å². The second kappa shape index (κ2) is 5.35. The average molecular weight is 310 g/mol. The second-order valence-electron chi connectivity index (χ2n) is 5.15. The Morgan fingerprint density at radius 2 is 1.90 bits per heavy atom. The van der Waals surface area contributed by atoms with Gasteiger partial charge in [0.05, 0.1) is 4.90 Å². The SMILES string of the molecule is O=S(=O)(c1cccc2ccccc12)N1CCC(CCl)C1. The minimum absolute atomic E-state index is 0.265. The van der Waals surface area contributed by atoms with Gasteiger partial charge in [-0.15, -0.1) is 11.6 Å². The Kier molecular flexibility index (Phi) is 3.71. The van der Waals surface area contributed by atoms with Crippen LogP contribution in [0.3, 0.4) is 0 Å². The molecule has 106 valence electrons. The summed E-state index contributed by atoms with van der Waals surface area (Å²) in [5.74, 6) is 0.781. The number of halogens is 1. The summed E-state index contributed by atoms with van der Waals surface area (Å²) in [4.78, 5) is 0.394. The lowest BCUT2D eigenvalue weighted by atomic mass is 10.1. The number of alkyl halides is 1. The van der Waals surface area contributed by atoms with Crippen LogP contribution in [-0.4, -0.2) is 31.7 Å². The number of hydrogen-bond donors (Lipinski definition) is 0. The molecule has 2 aromatic rings. The largest absolute Gasteiger partial charge is 0.243 e.